The smallest absolute Gasteiger partial charge is 0.335 e. The van der Waals surface area contributed by atoms with E-state index < -0.39 is 67.3 Å². The molecule has 12 heteroatoms. The number of hydrogen-bond acceptors (Lipinski definition) is 11. The monoisotopic (exact) mass is 1120 g/mol. The average molecular weight is 1120 g/mol. The molecule has 1 rings (SSSR count). The van der Waals surface area contributed by atoms with Gasteiger partial charge in [0.2, 0.25) is 0 Å². The number of hydrogen-bond donors (Lipinski definition) is 3. The Labute approximate surface area is 482 Å². The highest BCUT2D eigenvalue weighted by Crippen LogP contribution is 2.27. The van der Waals surface area contributed by atoms with E-state index in [9.17, 15) is 34.5 Å². The van der Waals surface area contributed by atoms with Crippen LogP contribution in [0.3, 0.4) is 0 Å². The molecule has 1 aliphatic rings. The third-order valence-corrected chi connectivity index (χ3v) is 15.2. The van der Waals surface area contributed by atoms with E-state index in [0.29, 0.717) is 19.3 Å². The number of unbranched alkanes of at least 4 members (excludes halogenated alkanes) is 37. The number of carboxylic acids is 1. The van der Waals surface area contributed by atoms with Gasteiger partial charge in [-0.2, -0.15) is 0 Å². The average Bonchev–Trinajstić information content (AvgIpc) is 3.44. The van der Waals surface area contributed by atoms with Crippen LogP contribution < -0.4 is 0 Å². The second kappa shape index (κ2) is 55.5. The zero-order valence-corrected chi connectivity index (χ0v) is 50.9. The first-order chi connectivity index (χ1) is 38.6. The Balaban J connectivity index is 2.63. The van der Waals surface area contributed by atoms with Crippen molar-refractivity contribution in [3.63, 3.8) is 0 Å². The summed E-state index contributed by atoms with van der Waals surface area (Å²) in [5, 5.41) is 31.6. The molecule has 0 aromatic carbocycles. The maximum Gasteiger partial charge on any atom is 0.335 e. The van der Waals surface area contributed by atoms with Crippen LogP contribution in [0, 0.1) is 0 Å². The van der Waals surface area contributed by atoms with Gasteiger partial charge in [-0.1, -0.05) is 282 Å². The molecule has 0 bridgehead atoms. The van der Waals surface area contributed by atoms with Crippen molar-refractivity contribution < 1.29 is 58.2 Å². The number of aliphatic hydroxyl groups is 2. The maximum atomic E-state index is 13.2. The summed E-state index contributed by atoms with van der Waals surface area (Å²) in [7, 11) is 0. The number of rotatable bonds is 57. The van der Waals surface area contributed by atoms with E-state index >= 15 is 0 Å². The molecule has 0 saturated carbocycles. The SMILES string of the molecule is CC/C=C\C/C=C\C/C=C\CCCCCCCC(=O)OC1C(OCC(COC(=O)CCCCCCCCCCCCCCCCCCCCC)OC(=O)CCCCCCCCCCCCCCCCC)OC(C(=O)O)C(O)C1O. The Morgan fingerprint density at radius 1 is 0.430 bits per heavy atom. The van der Waals surface area contributed by atoms with Crippen molar-refractivity contribution in [1.82, 2.24) is 0 Å². The van der Waals surface area contributed by atoms with E-state index in [1.54, 1.807) is 0 Å². The highest BCUT2D eigenvalue weighted by Gasteiger charge is 2.50. The third-order valence-electron chi connectivity index (χ3n) is 15.2. The van der Waals surface area contributed by atoms with Crippen LogP contribution in [0.25, 0.3) is 0 Å². The van der Waals surface area contributed by atoms with Crippen LogP contribution in [-0.4, -0.2) is 89.2 Å². The van der Waals surface area contributed by atoms with Crippen LogP contribution in [0.1, 0.15) is 316 Å². The van der Waals surface area contributed by atoms with Crippen molar-refractivity contribution in [3.8, 4) is 0 Å². The molecule has 6 unspecified atom stereocenters. The van der Waals surface area contributed by atoms with Gasteiger partial charge in [-0.25, -0.2) is 4.79 Å². The molecule has 0 aromatic rings. The van der Waals surface area contributed by atoms with E-state index in [0.717, 1.165) is 89.9 Å². The predicted octanol–water partition coefficient (Wildman–Crippen LogP) is 17.6. The van der Waals surface area contributed by atoms with Crippen LogP contribution in [0.2, 0.25) is 0 Å². The van der Waals surface area contributed by atoms with E-state index in [4.69, 9.17) is 23.7 Å². The summed E-state index contributed by atoms with van der Waals surface area (Å²) in [6.07, 6.45) is 53.9. The summed E-state index contributed by atoms with van der Waals surface area (Å²) in [4.78, 5) is 51.3. The van der Waals surface area contributed by atoms with E-state index in [1.165, 1.54) is 167 Å². The molecule has 79 heavy (non-hydrogen) atoms. The lowest BCUT2D eigenvalue weighted by Gasteiger charge is -2.40. The Morgan fingerprint density at radius 2 is 0.797 bits per heavy atom. The minimum Gasteiger partial charge on any atom is -0.479 e. The minimum absolute atomic E-state index is 0.0447. The number of ether oxygens (including phenoxy) is 5. The Kier molecular flexibility index (Phi) is 51.9. The summed E-state index contributed by atoms with van der Waals surface area (Å²) >= 11 is 0. The van der Waals surface area contributed by atoms with Gasteiger partial charge >= 0.3 is 23.9 Å². The highest BCUT2D eigenvalue weighted by molar-refractivity contribution is 5.74. The first kappa shape index (κ1) is 74.0. The highest BCUT2D eigenvalue weighted by atomic mass is 16.7. The first-order valence-electron chi connectivity index (χ1n) is 33.0. The Bertz CT molecular complexity index is 1510. The normalized spacial score (nSPS) is 18.0. The molecular weight excluding hydrogens is 997 g/mol. The molecule has 6 atom stereocenters. The molecule has 1 fully saturated rings. The summed E-state index contributed by atoms with van der Waals surface area (Å²) in [5.74, 6) is -3.10. The molecule has 0 spiro atoms. The van der Waals surface area contributed by atoms with Crippen molar-refractivity contribution >= 4 is 23.9 Å². The third kappa shape index (κ3) is 45.2. The number of allylic oxidation sites excluding steroid dienone is 6. The van der Waals surface area contributed by atoms with Crippen molar-refractivity contribution in [2.75, 3.05) is 13.2 Å². The van der Waals surface area contributed by atoms with Crippen LogP contribution >= 0.6 is 0 Å². The van der Waals surface area contributed by atoms with Gasteiger partial charge in [0, 0.05) is 19.3 Å². The van der Waals surface area contributed by atoms with Crippen LogP contribution in [0.4, 0.5) is 0 Å². The topological polar surface area (TPSA) is 175 Å². The number of carbonyl (C=O) groups is 4. The van der Waals surface area contributed by atoms with Crippen molar-refractivity contribution in [3.05, 3.63) is 36.5 Å². The molecule has 0 aromatic heterocycles. The van der Waals surface area contributed by atoms with Gasteiger partial charge in [0.15, 0.2) is 24.6 Å². The molecule has 1 saturated heterocycles. The van der Waals surface area contributed by atoms with E-state index in [2.05, 4.69) is 57.2 Å². The summed E-state index contributed by atoms with van der Waals surface area (Å²) < 4.78 is 28.5. The molecule has 0 radical (unpaired) electrons. The fraction of sp³-hybridized carbons (Fsp3) is 0.851. The van der Waals surface area contributed by atoms with Gasteiger partial charge in [-0.15, -0.1) is 0 Å². The summed E-state index contributed by atoms with van der Waals surface area (Å²) in [5.41, 5.74) is 0. The molecule has 460 valence electrons. The Hall–Kier alpha value is -3.06. The van der Waals surface area contributed by atoms with Gasteiger partial charge < -0.3 is 39.0 Å². The van der Waals surface area contributed by atoms with Crippen LogP contribution in [-0.2, 0) is 42.9 Å². The lowest BCUT2D eigenvalue weighted by atomic mass is 9.98. The number of carbonyl (C=O) groups excluding carboxylic acids is 3. The fourth-order valence-electron chi connectivity index (χ4n) is 10.2. The van der Waals surface area contributed by atoms with Crippen molar-refractivity contribution in [2.24, 2.45) is 0 Å². The largest absolute Gasteiger partial charge is 0.479 e. The molecule has 0 amide bonds. The van der Waals surface area contributed by atoms with Crippen molar-refractivity contribution in [1.29, 1.82) is 0 Å². The van der Waals surface area contributed by atoms with E-state index in [-0.39, 0.29) is 25.9 Å². The number of esters is 3. The van der Waals surface area contributed by atoms with Gasteiger partial charge in [-0.3, -0.25) is 14.4 Å². The standard InChI is InChI=1S/C67H120O12/c1-4-7-10-13-16-19-22-25-28-29-30-31-34-35-38-41-44-47-50-53-59(68)75-56-58(77-60(69)54-51-48-45-42-39-36-32-26-23-20-17-14-11-8-5-2)57-76-67-65(63(72)62(71)64(79-67)66(73)74)78-61(70)55-52-49-46-43-40-37-33-27-24-21-18-15-12-9-6-3/h9,12,18,21,27,33,58,62-65,67,71-72H,4-8,10-11,13-17,19-20,22-26,28-32,34-57H2,1-3H3,(H,73,74)/b12-9-,21-18-,33-27-. The zero-order chi connectivity index (χ0) is 57.5. The van der Waals surface area contributed by atoms with E-state index in [1.807, 2.05) is 0 Å². The van der Waals surface area contributed by atoms with Gasteiger partial charge in [0.25, 0.3) is 0 Å². The van der Waals surface area contributed by atoms with Gasteiger partial charge in [0.1, 0.15) is 18.8 Å². The predicted molar refractivity (Wildman–Crippen MR) is 322 cm³/mol. The van der Waals surface area contributed by atoms with Crippen molar-refractivity contribution in [2.45, 2.75) is 353 Å². The first-order valence-corrected chi connectivity index (χ1v) is 33.0. The molecule has 1 heterocycles. The van der Waals surface area contributed by atoms with Crippen LogP contribution in [0.15, 0.2) is 36.5 Å². The second-order valence-corrected chi connectivity index (χ2v) is 22.7. The number of aliphatic carboxylic acids is 1. The minimum atomic E-state index is -1.91. The summed E-state index contributed by atoms with van der Waals surface area (Å²) in [6, 6.07) is 0. The molecule has 1 aliphatic heterocycles. The fourth-order valence-corrected chi connectivity index (χ4v) is 10.2. The van der Waals surface area contributed by atoms with Gasteiger partial charge in [-0.05, 0) is 51.4 Å². The van der Waals surface area contributed by atoms with Crippen LogP contribution in [0.5, 0.6) is 0 Å². The van der Waals surface area contributed by atoms with Gasteiger partial charge in [0.05, 0.1) is 6.61 Å². The zero-order valence-electron chi connectivity index (χ0n) is 50.9. The molecule has 12 nitrogen and oxygen atoms in total. The lowest BCUT2D eigenvalue weighted by molar-refractivity contribution is -0.301. The quantitative estimate of drug-likeness (QED) is 0.0228. The Morgan fingerprint density at radius 3 is 1.22 bits per heavy atom. The number of carboxylic acid groups (broad SMARTS) is 1. The second-order valence-electron chi connectivity index (χ2n) is 22.7. The molecular formula is C67H120O12. The molecule has 0 aliphatic carbocycles. The summed E-state index contributed by atoms with van der Waals surface area (Å²) in [6.45, 7) is 5.93. The number of aliphatic hydroxyl groups excluding tert-OH is 2. The lowest BCUT2D eigenvalue weighted by Crippen LogP contribution is -2.61. The maximum absolute atomic E-state index is 13.2. The molecule has 3 N–H and O–H groups in total.